The van der Waals surface area contributed by atoms with Crippen molar-refractivity contribution in [1.82, 2.24) is 20.0 Å². The summed E-state index contributed by atoms with van der Waals surface area (Å²) in [6.45, 7) is 9.04. The molecule has 1 aromatic heterocycles. The van der Waals surface area contributed by atoms with E-state index in [0.29, 0.717) is 25.4 Å². The predicted molar refractivity (Wildman–Crippen MR) is 88.4 cm³/mol. The third-order valence-corrected chi connectivity index (χ3v) is 3.60. The second-order valence-corrected chi connectivity index (χ2v) is 6.45. The van der Waals surface area contributed by atoms with E-state index in [1.54, 1.807) is 11.9 Å². The minimum Gasteiger partial charge on any atom is -0.481 e. The third kappa shape index (κ3) is 6.71. The number of rotatable bonds is 8. The van der Waals surface area contributed by atoms with Crippen LogP contribution in [0, 0.1) is 19.8 Å². The van der Waals surface area contributed by atoms with Gasteiger partial charge >= 0.3 is 12.0 Å². The molecule has 0 aromatic carbocycles. The Hall–Kier alpha value is -2.05. The van der Waals surface area contributed by atoms with E-state index in [1.807, 2.05) is 38.4 Å². The molecule has 0 spiro atoms. The molecule has 0 aliphatic rings. The first-order valence-electron chi connectivity index (χ1n) is 7.93. The molecule has 0 aliphatic heterocycles. The van der Waals surface area contributed by atoms with Gasteiger partial charge in [0.1, 0.15) is 0 Å². The van der Waals surface area contributed by atoms with E-state index < -0.39 is 5.97 Å². The Balaban J connectivity index is 2.53. The fraction of sp³-hybridized carbons (Fsp3) is 0.688. The molecule has 0 saturated carbocycles. The molecule has 1 atom stereocenters. The van der Waals surface area contributed by atoms with Crippen LogP contribution in [0.3, 0.4) is 0 Å². The number of nitrogens with one attached hydrogen (secondary N) is 1. The molecule has 0 fully saturated rings. The Bertz CT molecular complexity index is 539. The standard InChI is InChI=1S/C16H28N4O3/c1-11(2)8-14(10-15(21)22)17-16(23)19(5)6-7-20-13(4)9-12(3)18-20/h9,11,14H,6-8,10H2,1-5H3,(H,17,23)(H,21,22)/t14-/m0/s1. The van der Waals surface area contributed by atoms with E-state index >= 15 is 0 Å². The zero-order chi connectivity index (χ0) is 17.6. The number of carboxylic acids is 1. The average molecular weight is 324 g/mol. The topological polar surface area (TPSA) is 87.5 Å². The minimum atomic E-state index is -0.902. The lowest BCUT2D eigenvalue weighted by Crippen LogP contribution is -2.45. The van der Waals surface area contributed by atoms with E-state index in [2.05, 4.69) is 10.4 Å². The molecule has 0 unspecified atom stereocenters. The van der Waals surface area contributed by atoms with Gasteiger partial charge in [-0.2, -0.15) is 5.10 Å². The lowest BCUT2D eigenvalue weighted by Gasteiger charge is -2.24. The third-order valence-electron chi connectivity index (χ3n) is 3.60. The Morgan fingerprint density at radius 2 is 2.04 bits per heavy atom. The number of amides is 2. The summed E-state index contributed by atoms with van der Waals surface area (Å²) in [4.78, 5) is 24.7. The number of nitrogens with zero attached hydrogens (tertiary/aromatic N) is 3. The fourth-order valence-electron chi connectivity index (χ4n) is 2.51. The number of carboxylic acid groups (broad SMARTS) is 1. The van der Waals surface area contributed by atoms with Gasteiger partial charge < -0.3 is 15.3 Å². The van der Waals surface area contributed by atoms with E-state index in [0.717, 1.165) is 11.4 Å². The van der Waals surface area contributed by atoms with Crippen LogP contribution in [0.4, 0.5) is 4.79 Å². The van der Waals surface area contributed by atoms with Crippen LogP contribution in [-0.2, 0) is 11.3 Å². The molecule has 130 valence electrons. The summed E-state index contributed by atoms with van der Waals surface area (Å²) in [6.07, 6.45) is 0.582. The van der Waals surface area contributed by atoms with E-state index in [4.69, 9.17) is 5.11 Å². The monoisotopic (exact) mass is 324 g/mol. The summed E-state index contributed by atoms with van der Waals surface area (Å²) in [5, 5.41) is 16.1. The molecule has 0 bridgehead atoms. The maximum Gasteiger partial charge on any atom is 0.317 e. The van der Waals surface area contributed by atoms with Crippen LogP contribution in [0.5, 0.6) is 0 Å². The van der Waals surface area contributed by atoms with Gasteiger partial charge in [0.25, 0.3) is 0 Å². The highest BCUT2D eigenvalue weighted by molar-refractivity contribution is 5.75. The number of hydrogen-bond acceptors (Lipinski definition) is 3. The van der Waals surface area contributed by atoms with Gasteiger partial charge in [-0.15, -0.1) is 0 Å². The largest absolute Gasteiger partial charge is 0.481 e. The van der Waals surface area contributed by atoms with Crippen molar-refractivity contribution in [2.45, 2.75) is 53.1 Å². The smallest absolute Gasteiger partial charge is 0.317 e. The summed E-state index contributed by atoms with van der Waals surface area (Å²) in [7, 11) is 1.70. The summed E-state index contributed by atoms with van der Waals surface area (Å²) in [6, 6.07) is 1.39. The van der Waals surface area contributed by atoms with Crippen LogP contribution in [0.25, 0.3) is 0 Å². The molecule has 0 saturated heterocycles. The fourth-order valence-corrected chi connectivity index (χ4v) is 2.51. The molecule has 7 nitrogen and oxygen atoms in total. The Morgan fingerprint density at radius 3 is 2.52 bits per heavy atom. The van der Waals surface area contributed by atoms with Crippen LogP contribution in [0.15, 0.2) is 6.07 Å². The maximum atomic E-state index is 12.2. The second kappa shape index (κ2) is 8.55. The van der Waals surface area contributed by atoms with Gasteiger partial charge in [-0.25, -0.2) is 4.79 Å². The van der Waals surface area contributed by atoms with Crippen molar-refractivity contribution >= 4 is 12.0 Å². The Kier molecular flexibility index (Phi) is 7.06. The molecular weight excluding hydrogens is 296 g/mol. The highest BCUT2D eigenvalue weighted by Gasteiger charge is 2.19. The van der Waals surface area contributed by atoms with E-state index in [9.17, 15) is 9.59 Å². The molecule has 23 heavy (non-hydrogen) atoms. The number of aliphatic carboxylic acids is 1. The van der Waals surface area contributed by atoms with Crippen molar-refractivity contribution in [2.24, 2.45) is 5.92 Å². The van der Waals surface area contributed by atoms with Crippen LogP contribution in [0.1, 0.15) is 38.1 Å². The molecule has 1 aromatic rings. The minimum absolute atomic E-state index is 0.0603. The molecule has 7 heteroatoms. The van der Waals surface area contributed by atoms with Gasteiger partial charge in [-0.05, 0) is 32.3 Å². The van der Waals surface area contributed by atoms with Crippen molar-refractivity contribution in [2.75, 3.05) is 13.6 Å². The first-order valence-corrected chi connectivity index (χ1v) is 7.93. The van der Waals surface area contributed by atoms with Crippen molar-refractivity contribution in [1.29, 1.82) is 0 Å². The van der Waals surface area contributed by atoms with Gasteiger partial charge in [0.2, 0.25) is 0 Å². The normalized spacial score (nSPS) is 12.3. The molecule has 0 aliphatic carbocycles. The van der Waals surface area contributed by atoms with Crippen molar-refractivity contribution in [3.8, 4) is 0 Å². The van der Waals surface area contributed by atoms with Gasteiger partial charge in [0.15, 0.2) is 0 Å². The predicted octanol–water partition coefficient (Wildman–Crippen LogP) is 2.03. The van der Waals surface area contributed by atoms with Crippen LogP contribution >= 0.6 is 0 Å². The first kappa shape index (κ1) is 19.0. The summed E-state index contributed by atoms with van der Waals surface area (Å²) in [5.41, 5.74) is 2.01. The van der Waals surface area contributed by atoms with Crippen LogP contribution < -0.4 is 5.32 Å². The number of aromatic nitrogens is 2. The van der Waals surface area contributed by atoms with Crippen molar-refractivity contribution in [3.05, 3.63) is 17.5 Å². The molecule has 0 radical (unpaired) electrons. The van der Waals surface area contributed by atoms with Crippen molar-refractivity contribution in [3.63, 3.8) is 0 Å². The molecule has 2 N–H and O–H groups in total. The molecule has 1 rings (SSSR count). The number of carbonyl (C=O) groups is 2. The zero-order valence-electron chi connectivity index (χ0n) is 14.7. The molecule has 2 amide bonds. The Labute approximate surface area is 137 Å². The van der Waals surface area contributed by atoms with E-state index in [-0.39, 0.29) is 18.5 Å². The lowest BCUT2D eigenvalue weighted by molar-refractivity contribution is -0.137. The highest BCUT2D eigenvalue weighted by Crippen LogP contribution is 2.09. The quantitative estimate of drug-likeness (QED) is 0.766. The second-order valence-electron chi connectivity index (χ2n) is 6.45. The SMILES string of the molecule is Cc1cc(C)n(CCN(C)C(=O)N[C@H](CC(=O)O)CC(C)C)n1. The summed E-state index contributed by atoms with van der Waals surface area (Å²) < 4.78 is 1.86. The number of likely N-dealkylation sites (N-methyl/N-ethyl adjacent to an activating group) is 1. The summed E-state index contributed by atoms with van der Waals surface area (Å²) in [5.74, 6) is -0.583. The van der Waals surface area contributed by atoms with E-state index in [1.165, 1.54) is 0 Å². The number of urea groups is 1. The number of carbonyl (C=O) groups excluding carboxylic acids is 1. The Morgan fingerprint density at radius 1 is 1.39 bits per heavy atom. The van der Waals surface area contributed by atoms with Crippen LogP contribution in [-0.4, -0.2) is 51.4 Å². The summed E-state index contributed by atoms with van der Waals surface area (Å²) >= 11 is 0. The lowest BCUT2D eigenvalue weighted by atomic mass is 10.0. The van der Waals surface area contributed by atoms with Gasteiger partial charge in [0.05, 0.1) is 18.7 Å². The first-order chi connectivity index (χ1) is 10.7. The number of aryl methyl sites for hydroxylation is 2. The van der Waals surface area contributed by atoms with Gasteiger partial charge in [-0.1, -0.05) is 13.8 Å². The van der Waals surface area contributed by atoms with Gasteiger partial charge in [0, 0.05) is 25.3 Å². The van der Waals surface area contributed by atoms with Crippen molar-refractivity contribution < 1.29 is 14.7 Å². The molecular formula is C16H28N4O3. The van der Waals surface area contributed by atoms with Gasteiger partial charge in [-0.3, -0.25) is 9.48 Å². The molecule has 1 heterocycles. The highest BCUT2D eigenvalue weighted by atomic mass is 16.4. The zero-order valence-corrected chi connectivity index (χ0v) is 14.7. The average Bonchev–Trinajstić information content (AvgIpc) is 2.72. The number of hydrogen-bond donors (Lipinski definition) is 2. The van der Waals surface area contributed by atoms with Crippen LogP contribution in [0.2, 0.25) is 0 Å². The maximum absolute atomic E-state index is 12.2.